The Labute approximate surface area is 143 Å². The van der Waals surface area contributed by atoms with Crippen LogP contribution in [0.15, 0.2) is 48.7 Å². The van der Waals surface area contributed by atoms with E-state index in [-0.39, 0.29) is 5.91 Å². The second kappa shape index (κ2) is 7.45. The molecule has 1 aliphatic rings. The first-order valence-electron chi connectivity index (χ1n) is 8.40. The van der Waals surface area contributed by atoms with Crippen LogP contribution in [0.1, 0.15) is 23.2 Å². The van der Waals surface area contributed by atoms with Crippen molar-refractivity contribution in [2.75, 3.05) is 32.1 Å². The second-order valence-electron chi connectivity index (χ2n) is 6.18. The molecule has 126 valence electrons. The van der Waals surface area contributed by atoms with E-state index in [0.29, 0.717) is 11.6 Å². The number of hydrogen-bond acceptors (Lipinski definition) is 4. The maximum Gasteiger partial charge on any atom is 0.255 e. The first-order valence-corrected chi connectivity index (χ1v) is 8.40. The van der Waals surface area contributed by atoms with Gasteiger partial charge in [-0.3, -0.25) is 4.79 Å². The Kier molecular flexibility index (Phi) is 5.11. The molecule has 1 amide bonds. The molecule has 1 atom stereocenters. The molecule has 1 aliphatic heterocycles. The van der Waals surface area contributed by atoms with Gasteiger partial charge in [0, 0.05) is 38.1 Å². The lowest BCUT2D eigenvalue weighted by Crippen LogP contribution is -2.46. The van der Waals surface area contributed by atoms with Crippen molar-refractivity contribution < 1.29 is 4.79 Å². The Balaban J connectivity index is 1.71. The summed E-state index contributed by atoms with van der Waals surface area (Å²) >= 11 is 0. The summed E-state index contributed by atoms with van der Waals surface area (Å²) in [6, 6.07) is 14.2. The Bertz CT molecular complexity index is 672. The lowest BCUT2D eigenvalue weighted by Gasteiger charge is -2.32. The van der Waals surface area contributed by atoms with Crippen LogP contribution in [0.2, 0.25) is 0 Å². The zero-order valence-corrected chi connectivity index (χ0v) is 14.3. The zero-order chi connectivity index (χ0) is 16.9. The molecule has 0 bridgehead atoms. The standard InChI is InChI=1S/C19H24N4O/c1-20-16-7-6-12-23(14-16)19(24)15-10-11-18(21-13-15)22(2)17-8-4-3-5-9-17/h3-5,8-11,13,16,20H,6-7,12,14H2,1-2H3. The number of aromatic nitrogens is 1. The number of likely N-dealkylation sites (tertiary alicyclic amines) is 1. The van der Waals surface area contributed by atoms with Gasteiger partial charge in [0.15, 0.2) is 0 Å². The monoisotopic (exact) mass is 324 g/mol. The van der Waals surface area contributed by atoms with E-state index >= 15 is 0 Å². The number of nitrogens with zero attached hydrogens (tertiary/aromatic N) is 3. The zero-order valence-electron chi connectivity index (χ0n) is 14.3. The number of hydrogen-bond donors (Lipinski definition) is 1. The molecule has 1 unspecified atom stereocenters. The van der Waals surface area contributed by atoms with Crippen molar-refractivity contribution in [3.8, 4) is 0 Å². The van der Waals surface area contributed by atoms with Gasteiger partial charge in [0.25, 0.3) is 5.91 Å². The summed E-state index contributed by atoms with van der Waals surface area (Å²) in [5.41, 5.74) is 1.72. The fourth-order valence-corrected chi connectivity index (χ4v) is 3.07. The van der Waals surface area contributed by atoms with Gasteiger partial charge in [0.05, 0.1) is 5.56 Å². The number of rotatable bonds is 4. The molecule has 5 heteroatoms. The van der Waals surface area contributed by atoms with Gasteiger partial charge in [-0.05, 0) is 44.2 Å². The van der Waals surface area contributed by atoms with E-state index in [1.54, 1.807) is 6.20 Å². The summed E-state index contributed by atoms with van der Waals surface area (Å²) in [7, 11) is 3.93. The van der Waals surface area contributed by atoms with Crippen LogP contribution in [0, 0.1) is 0 Å². The second-order valence-corrected chi connectivity index (χ2v) is 6.18. The van der Waals surface area contributed by atoms with Crippen LogP contribution in [-0.2, 0) is 0 Å². The van der Waals surface area contributed by atoms with Crippen molar-refractivity contribution in [2.45, 2.75) is 18.9 Å². The first kappa shape index (κ1) is 16.5. The molecule has 3 rings (SSSR count). The average molecular weight is 324 g/mol. The number of piperidine rings is 1. The number of carbonyl (C=O) groups excluding carboxylic acids is 1. The quantitative estimate of drug-likeness (QED) is 0.939. The van der Waals surface area contributed by atoms with Gasteiger partial charge in [-0.25, -0.2) is 4.98 Å². The molecule has 24 heavy (non-hydrogen) atoms. The highest BCUT2D eigenvalue weighted by atomic mass is 16.2. The van der Waals surface area contributed by atoms with E-state index in [4.69, 9.17) is 0 Å². The molecule has 5 nitrogen and oxygen atoms in total. The average Bonchev–Trinajstić information content (AvgIpc) is 2.67. The summed E-state index contributed by atoms with van der Waals surface area (Å²) in [4.78, 5) is 21.1. The Hall–Kier alpha value is -2.40. The van der Waals surface area contributed by atoms with Gasteiger partial charge in [0.2, 0.25) is 0 Å². The summed E-state index contributed by atoms with van der Waals surface area (Å²) in [6.07, 6.45) is 3.85. The fraction of sp³-hybridized carbons (Fsp3) is 0.368. The Morgan fingerprint density at radius 2 is 2.04 bits per heavy atom. The number of nitrogens with one attached hydrogen (secondary N) is 1. The van der Waals surface area contributed by atoms with E-state index in [9.17, 15) is 4.79 Å². The van der Waals surface area contributed by atoms with E-state index in [1.165, 1.54) is 0 Å². The first-order chi connectivity index (χ1) is 11.7. The number of likely N-dealkylation sites (N-methyl/N-ethyl adjacent to an activating group) is 1. The Morgan fingerprint density at radius 3 is 2.71 bits per heavy atom. The highest BCUT2D eigenvalue weighted by molar-refractivity contribution is 5.94. The Morgan fingerprint density at radius 1 is 1.25 bits per heavy atom. The molecule has 1 N–H and O–H groups in total. The summed E-state index contributed by atoms with van der Waals surface area (Å²) in [5, 5.41) is 3.27. The molecule has 2 aromatic rings. The van der Waals surface area contributed by atoms with Crippen molar-refractivity contribution >= 4 is 17.4 Å². The lowest BCUT2D eigenvalue weighted by molar-refractivity contribution is 0.0698. The molecular weight excluding hydrogens is 300 g/mol. The van der Waals surface area contributed by atoms with Gasteiger partial charge >= 0.3 is 0 Å². The van der Waals surface area contributed by atoms with Gasteiger partial charge < -0.3 is 15.1 Å². The van der Waals surface area contributed by atoms with Crippen LogP contribution in [0.3, 0.4) is 0 Å². The number of amides is 1. The van der Waals surface area contributed by atoms with E-state index < -0.39 is 0 Å². The van der Waals surface area contributed by atoms with Crippen molar-refractivity contribution in [3.05, 3.63) is 54.2 Å². The van der Waals surface area contributed by atoms with Crippen LogP contribution in [0.5, 0.6) is 0 Å². The van der Waals surface area contributed by atoms with Crippen LogP contribution >= 0.6 is 0 Å². The largest absolute Gasteiger partial charge is 0.337 e. The minimum Gasteiger partial charge on any atom is -0.337 e. The maximum absolute atomic E-state index is 12.7. The third-order valence-electron chi connectivity index (χ3n) is 4.60. The van der Waals surface area contributed by atoms with Crippen molar-refractivity contribution in [2.24, 2.45) is 0 Å². The molecule has 1 aromatic heterocycles. The predicted molar refractivity (Wildman–Crippen MR) is 96.7 cm³/mol. The highest BCUT2D eigenvalue weighted by Crippen LogP contribution is 2.21. The van der Waals surface area contributed by atoms with Crippen LogP contribution in [0.25, 0.3) is 0 Å². The molecule has 0 radical (unpaired) electrons. The van der Waals surface area contributed by atoms with Crippen LogP contribution < -0.4 is 10.2 Å². The molecule has 0 aliphatic carbocycles. The lowest BCUT2D eigenvalue weighted by atomic mass is 10.1. The van der Waals surface area contributed by atoms with Crippen LogP contribution in [-0.4, -0.2) is 49.0 Å². The number of carbonyl (C=O) groups is 1. The smallest absolute Gasteiger partial charge is 0.255 e. The fourth-order valence-electron chi connectivity index (χ4n) is 3.07. The number of para-hydroxylation sites is 1. The van der Waals surface area contributed by atoms with E-state index in [1.807, 2.05) is 66.4 Å². The number of anilines is 2. The molecule has 2 heterocycles. The number of pyridine rings is 1. The maximum atomic E-state index is 12.7. The van der Waals surface area contributed by atoms with E-state index in [2.05, 4.69) is 10.3 Å². The van der Waals surface area contributed by atoms with Crippen molar-refractivity contribution in [1.29, 1.82) is 0 Å². The highest BCUT2D eigenvalue weighted by Gasteiger charge is 2.23. The molecule has 1 saturated heterocycles. The van der Waals surface area contributed by atoms with Gasteiger partial charge in [-0.1, -0.05) is 18.2 Å². The molecule has 0 spiro atoms. The third kappa shape index (κ3) is 3.57. The van der Waals surface area contributed by atoms with Gasteiger partial charge in [-0.15, -0.1) is 0 Å². The summed E-state index contributed by atoms with van der Waals surface area (Å²) < 4.78 is 0. The van der Waals surface area contributed by atoms with Crippen LogP contribution in [0.4, 0.5) is 11.5 Å². The van der Waals surface area contributed by atoms with Crippen molar-refractivity contribution in [1.82, 2.24) is 15.2 Å². The summed E-state index contributed by atoms with van der Waals surface area (Å²) in [5.74, 6) is 0.890. The van der Waals surface area contributed by atoms with Gasteiger partial charge in [-0.2, -0.15) is 0 Å². The SMILES string of the molecule is CNC1CCCN(C(=O)c2ccc(N(C)c3ccccc3)nc2)C1. The minimum absolute atomic E-state index is 0.0661. The molecule has 1 aromatic carbocycles. The normalized spacial score (nSPS) is 17.6. The van der Waals surface area contributed by atoms with E-state index in [0.717, 1.165) is 37.4 Å². The molecule has 0 saturated carbocycles. The predicted octanol–water partition coefficient (Wildman–Crippen LogP) is 2.67. The molecule has 1 fully saturated rings. The van der Waals surface area contributed by atoms with Gasteiger partial charge in [0.1, 0.15) is 5.82 Å². The summed E-state index contributed by atoms with van der Waals surface area (Å²) in [6.45, 7) is 1.59. The topological polar surface area (TPSA) is 48.5 Å². The third-order valence-corrected chi connectivity index (χ3v) is 4.60. The minimum atomic E-state index is 0.0661. The van der Waals surface area contributed by atoms with Crippen molar-refractivity contribution in [3.63, 3.8) is 0 Å². The molecular formula is C19H24N4O. The number of benzene rings is 1.